The molecule has 30 heavy (non-hydrogen) atoms. The molecule has 0 radical (unpaired) electrons. The average molecular weight is 420 g/mol. The molecule has 0 aliphatic carbocycles. The third-order valence-corrected chi connectivity index (χ3v) is 5.20. The molecule has 1 atom stereocenters. The summed E-state index contributed by atoms with van der Waals surface area (Å²) >= 11 is 0. The van der Waals surface area contributed by atoms with Crippen molar-refractivity contribution in [3.8, 4) is 0 Å². The first-order valence-corrected chi connectivity index (χ1v) is 9.72. The van der Waals surface area contributed by atoms with Crippen molar-refractivity contribution in [2.24, 2.45) is 0 Å². The summed E-state index contributed by atoms with van der Waals surface area (Å²) in [6, 6.07) is 4.12. The molecule has 160 valence electrons. The maximum atomic E-state index is 14.1. The van der Waals surface area contributed by atoms with Crippen LogP contribution in [-0.4, -0.2) is 86.4 Å². The van der Waals surface area contributed by atoms with Crippen molar-refractivity contribution < 1.29 is 23.1 Å². The van der Waals surface area contributed by atoms with Gasteiger partial charge in [-0.1, -0.05) is 11.3 Å². The van der Waals surface area contributed by atoms with Gasteiger partial charge in [-0.05, 0) is 19.1 Å². The van der Waals surface area contributed by atoms with Crippen LogP contribution in [0.4, 0.5) is 8.78 Å². The third kappa shape index (κ3) is 4.30. The second kappa shape index (κ2) is 8.05. The molecule has 0 saturated carbocycles. The van der Waals surface area contributed by atoms with Crippen molar-refractivity contribution >= 4 is 11.8 Å². The van der Waals surface area contributed by atoms with Crippen LogP contribution in [0.15, 0.2) is 24.4 Å². The molecule has 0 unspecified atom stereocenters. The zero-order chi connectivity index (χ0) is 21.3. The van der Waals surface area contributed by atoms with Crippen molar-refractivity contribution in [2.45, 2.75) is 31.9 Å². The highest BCUT2D eigenvalue weighted by molar-refractivity contribution is 5.93. The van der Waals surface area contributed by atoms with Crippen LogP contribution in [0.1, 0.15) is 33.1 Å². The van der Waals surface area contributed by atoms with Crippen molar-refractivity contribution in [1.82, 2.24) is 29.8 Å². The lowest BCUT2D eigenvalue weighted by atomic mass is 10.2. The minimum absolute atomic E-state index is 0.0105. The molecule has 2 amide bonds. The Morgan fingerprint density at radius 1 is 1.20 bits per heavy atom. The summed E-state index contributed by atoms with van der Waals surface area (Å²) in [6.45, 7) is 2.91. The molecule has 2 saturated heterocycles. The molecule has 9 nitrogen and oxygen atoms in total. The van der Waals surface area contributed by atoms with E-state index < -0.39 is 30.8 Å². The van der Waals surface area contributed by atoms with Gasteiger partial charge in [-0.15, -0.1) is 5.10 Å². The molecule has 2 aliphatic heterocycles. The number of hydrogen-bond donors (Lipinski definition) is 0. The maximum absolute atomic E-state index is 14.1. The number of carbonyl (C=O) groups excluding carboxylic acids is 2. The topological polar surface area (TPSA) is 93.5 Å². The Morgan fingerprint density at radius 3 is 2.70 bits per heavy atom. The number of nitrogens with zero attached hydrogens (tertiary/aromatic N) is 6. The number of amides is 2. The molecule has 4 heterocycles. The lowest BCUT2D eigenvalue weighted by Gasteiger charge is -2.25. The third-order valence-electron chi connectivity index (χ3n) is 5.20. The largest absolute Gasteiger partial charge is 0.378 e. The van der Waals surface area contributed by atoms with Gasteiger partial charge in [0.15, 0.2) is 5.69 Å². The highest BCUT2D eigenvalue weighted by Crippen LogP contribution is 2.33. The number of likely N-dealkylation sites (tertiary alicyclic amines) is 1. The zero-order valence-corrected chi connectivity index (χ0v) is 16.5. The van der Waals surface area contributed by atoms with Crippen molar-refractivity contribution in [2.75, 3.05) is 32.8 Å². The van der Waals surface area contributed by atoms with Gasteiger partial charge in [-0.25, -0.2) is 18.4 Å². The van der Waals surface area contributed by atoms with E-state index in [1.807, 2.05) is 0 Å². The van der Waals surface area contributed by atoms with E-state index in [0.717, 1.165) is 4.90 Å². The predicted molar refractivity (Wildman–Crippen MR) is 100 cm³/mol. The fraction of sp³-hybridized carbons (Fsp3) is 0.526. The van der Waals surface area contributed by atoms with Crippen molar-refractivity contribution in [1.29, 1.82) is 0 Å². The molecule has 11 heteroatoms. The van der Waals surface area contributed by atoms with E-state index in [-0.39, 0.29) is 23.8 Å². The molecular formula is C19H22F2N6O3. The molecule has 0 bridgehead atoms. The molecule has 0 N–H and O–H groups in total. The molecule has 4 rings (SSSR count). The Kier molecular flexibility index (Phi) is 5.46. The predicted octanol–water partition coefficient (Wildman–Crippen LogP) is 1.00. The number of aryl methyl sites for hydroxylation is 1. The van der Waals surface area contributed by atoms with Gasteiger partial charge in [0.25, 0.3) is 17.7 Å². The first kappa shape index (κ1) is 20.3. The Hall–Kier alpha value is -2.95. The van der Waals surface area contributed by atoms with Gasteiger partial charge in [0.1, 0.15) is 5.69 Å². The Labute approximate surface area is 171 Å². The van der Waals surface area contributed by atoms with Gasteiger partial charge < -0.3 is 14.5 Å². The minimum Gasteiger partial charge on any atom is -0.378 e. The number of carbonyl (C=O) groups is 2. The fourth-order valence-electron chi connectivity index (χ4n) is 3.74. The average Bonchev–Trinajstić information content (AvgIpc) is 3.31. The van der Waals surface area contributed by atoms with E-state index in [2.05, 4.69) is 15.3 Å². The molecule has 2 aliphatic rings. The highest BCUT2D eigenvalue weighted by Gasteiger charge is 2.47. The van der Waals surface area contributed by atoms with Crippen LogP contribution in [0.5, 0.6) is 0 Å². The number of halogens is 2. The fourth-order valence-corrected chi connectivity index (χ4v) is 3.74. The molecule has 0 aromatic carbocycles. The summed E-state index contributed by atoms with van der Waals surface area (Å²) in [5.74, 6) is -3.83. The van der Waals surface area contributed by atoms with Gasteiger partial charge in [0.2, 0.25) is 0 Å². The van der Waals surface area contributed by atoms with Gasteiger partial charge in [-0.3, -0.25) is 9.59 Å². The first-order chi connectivity index (χ1) is 14.3. The standard InChI is InChI=1S/C19H22F2N6O3/c1-13-3-2-4-15(22-13)18(29)27-12-19(20,21)9-14(27)10-26-11-16(23-24-26)17(28)25-5-7-30-8-6-25/h2-4,11,14H,5-10,12H2,1H3/t14-/m0/s1. The first-order valence-electron chi connectivity index (χ1n) is 9.72. The lowest BCUT2D eigenvalue weighted by Crippen LogP contribution is -2.40. The van der Waals surface area contributed by atoms with Gasteiger partial charge >= 0.3 is 0 Å². The Balaban J connectivity index is 1.49. The van der Waals surface area contributed by atoms with Crippen LogP contribution in [0.25, 0.3) is 0 Å². The Bertz CT molecular complexity index is 944. The summed E-state index contributed by atoms with van der Waals surface area (Å²) in [6.07, 6.45) is 0.943. The summed E-state index contributed by atoms with van der Waals surface area (Å²) in [5.41, 5.74) is 0.894. The monoisotopic (exact) mass is 420 g/mol. The maximum Gasteiger partial charge on any atom is 0.276 e. The van der Waals surface area contributed by atoms with Crippen LogP contribution in [-0.2, 0) is 11.3 Å². The molecular weight excluding hydrogens is 398 g/mol. The van der Waals surface area contributed by atoms with Crippen LogP contribution in [0.3, 0.4) is 0 Å². The number of ether oxygens (including phenoxy) is 1. The summed E-state index contributed by atoms with van der Waals surface area (Å²) in [4.78, 5) is 32.2. The quantitative estimate of drug-likeness (QED) is 0.733. The number of rotatable bonds is 4. The van der Waals surface area contributed by atoms with Gasteiger partial charge in [0.05, 0.1) is 38.5 Å². The number of morpholine rings is 1. The molecule has 2 aromatic heterocycles. The Morgan fingerprint density at radius 2 is 1.97 bits per heavy atom. The smallest absolute Gasteiger partial charge is 0.276 e. The van der Waals surface area contributed by atoms with Crippen LogP contribution < -0.4 is 0 Å². The van der Waals surface area contributed by atoms with Crippen LogP contribution in [0.2, 0.25) is 0 Å². The summed E-state index contributed by atoms with van der Waals surface area (Å²) in [5, 5.41) is 7.80. The van der Waals surface area contributed by atoms with E-state index in [1.54, 1.807) is 24.0 Å². The normalized spacial score (nSPS) is 21.1. The van der Waals surface area contributed by atoms with E-state index in [1.165, 1.54) is 16.9 Å². The molecule has 2 fully saturated rings. The highest BCUT2D eigenvalue weighted by atomic mass is 19.3. The van der Waals surface area contributed by atoms with E-state index in [0.29, 0.717) is 32.0 Å². The summed E-state index contributed by atoms with van der Waals surface area (Å²) < 4.78 is 34.9. The molecule has 0 spiro atoms. The van der Waals surface area contributed by atoms with E-state index in [4.69, 9.17) is 4.74 Å². The van der Waals surface area contributed by atoms with E-state index in [9.17, 15) is 18.4 Å². The van der Waals surface area contributed by atoms with Crippen molar-refractivity contribution in [3.05, 3.63) is 41.5 Å². The zero-order valence-electron chi connectivity index (χ0n) is 16.5. The molecule has 2 aromatic rings. The number of alkyl halides is 2. The minimum atomic E-state index is -3.00. The lowest BCUT2D eigenvalue weighted by molar-refractivity contribution is 0.0116. The summed E-state index contributed by atoms with van der Waals surface area (Å²) in [7, 11) is 0. The second-order valence-corrected chi connectivity index (χ2v) is 7.54. The van der Waals surface area contributed by atoms with Crippen LogP contribution in [0, 0.1) is 6.92 Å². The van der Waals surface area contributed by atoms with E-state index >= 15 is 0 Å². The second-order valence-electron chi connectivity index (χ2n) is 7.54. The van der Waals surface area contributed by atoms with Gasteiger partial charge in [0, 0.05) is 25.2 Å². The number of hydrogen-bond acceptors (Lipinski definition) is 6. The number of pyridine rings is 1. The van der Waals surface area contributed by atoms with Crippen molar-refractivity contribution in [3.63, 3.8) is 0 Å². The van der Waals surface area contributed by atoms with Gasteiger partial charge in [-0.2, -0.15) is 0 Å². The van der Waals surface area contributed by atoms with Crippen LogP contribution >= 0.6 is 0 Å². The number of aromatic nitrogens is 4. The SMILES string of the molecule is Cc1cccc(C(=O)N2CC(F)(F)C[C@H]2Cn2cc(C(=O)N3CCOCC3)nn2)n1.